The molecule has 0 aliphatic rings. The van der Waals surface area contributed by atoms with Crippen molar-refractivity contribution in [1.82, 2.24) is 15.5 Å². The number of thiazole rings is 1. The lowest BCUT2D eigenvalue weighted by Gasteiger charge is -2.10. The number of nitrogens with one attached hydrogen (secondary N) is 1. The second kappa shape index (κ2) is 4.76. The first-order valence-corrected chi connectivity index (χ1v) is 6.11. The second-order valence-corrected chi connectivity index (χ2v) is 4.70. The van der Waals surface area contributed by atoms with E-state index < -0.39 is 0 Å². The van der Waals surface area contributed by atoms with Gasteiger partial charge in [-0.15, -0.1) is 11.3 Å². The first-order chi connectivity index (χ1) is 7.68. The predicted molar refractivity (Wildman–Crippen MR) is 63.3 cm³/mol. The average molecular weight is 237 g/mol. The van der Waals surface area contributed by atoms with Crippen molar-refractivity contribution in [1.29, 1.82) is 0 Å². The maximum atomic E-state index is 5.12. The highest BCUT2D eigenvalue weighted by Crippen LogP contribution is 2.17. The molecule has 16 heavy (non-hydrogen) atoms. The van der Waals surface area contributed by atoms with Crippen LogP contribution in [0.4, 0.5) is 0 Å². The molecule has 0 aliphatic heterocycles. The number of nitrogens with zero attached hydrogens (tertiary/aromatic N) is 2. The fourth-order valence-electron chi connectivity index (χ4n) is 1.55. The Balaban J connectivity index is 1.98. The largest absolute Gasteiger partial charge is 0.361 e. The fourth-order valence-corrected chi connectivity index (χ4v) is 2.22. The van der Waals surface area contributed by atoms with Crippen LogP contribution in [-0.4, -0.2) is 10.1 Å². The summed E-state index contributed by atoms with van der Waals surface area (Å²) in [4.78, 5) is 4.28. The zero-order chi connectivity index (χ0) is 11.5. The molecule has 86 valence electrons. The number of hydrogen-bond acceptors (Lipinski definition) is 5. The average Bonchev–Trinajstić information content (AvgIpc) is 2.87. The Morgan fingerprint density at radius 3 is 2.88 bits per heavy atom. The van der Waals surface area contributed by atoms with E-state index in [-0.39, 0.29) is 6.04 Å². The van der Waals surface area contributed by atoms with Crippen molar-refractivity contribution < 1.29 is 4.52 Å². The molecule has 1 N–H and O–H groups in total. The summed E-state index contributed by atoms with van der Waals surface area (Å²) in [6.07, 6.45) is 1.83. The first kappa shape index (κ1) is 11.3. The fraction of sp³-hybridized carbons (Fsp3) is 0.455. The second-order valence-electron chi connectivity index (χ2n) is 3.78. The number of hydrogen-bond donors (Lipinski definition) is 1. The maximum Gasteiger partial charge on any atom is 0.138 e. The van der Waals surface area contributed by atoms with E-state index in [4.69, 9.17) is 4.52 Å². The lowest BCUT2D eigenvalue weighted by molar-refractivity contribution is 0.391. The first-order valence-electron chi connectivity index (χ1n) is 5.23. The highest BCUT2D eigenvalue weighted by molar-refractivity contribution is 7.09. The Labute approximate surface area is 98.7 Å². The molecule has 2 aromatic rings. The standard InChI is InChI=1S/C11H15N3OS/c1-7-10(9(3)15-14-7)6-13-8(2)11-12-4-5-16-11/h4-5,8,13H,6H2,1-3H3. The Kier molecular flexibility index (Phi) is 3.36. The van der Waals surface area contributed by atoms with Gasteiger partial charge in [-0.2, -0.15) is 0 Å². The molecule has 0 fully saturated rings. The molecule has 2 rings (SSSR count). The quantitative estimate of drug-likeness (QED) is 0.888. The van der Waals surface area contributed by atoms with Gasteiger partial charge in [0, 0.05) is 23.7 Å². The van der Waals surface area contributed by atoms with Crippen LogP contribution in [0, 0.1) is 13.8 Å². The Bertz CT molecular complexity index is 430. The third kappa shape index (κ3) is 2.31. The molecule has 1 atom stereocenters. The molecule has 4 nitrogen and oxygen atoms in total. The molecule has 0 spiro atoms. The minimum atomic E-state index is 0.258. The van der Waals surface area contributed by atoms with Crippen LogP contribution in [0.1, 0.15) is 35.0 Å². The van der Waals surface area contributed by atoms with Crippen LogP contribution in [0.25, 0.3) is 0 Å². The van der Waals surface area contributed by atoms with E-state index in [1.165, 1.54) is 0 Å². The molecule has 0 saturated heterocycles. The van der Waals surface area contributed by atoms with Gasteiger partial charge in [0.2, 0.25) is 0 Å². The van der Waals surface area contributed by atoms with Crippen molar-refractivity contribution in [3.63, 3.8) is 0 Å². The van der Waals surface area contributed by atoms with E-state index in [2.05, 4.69) is 22.4 Å². The van der Waals surface area contributed by atoms with Crippen LogP contribution in [0.3, 0.4) is 0 Å². The molecule has 0 aromatic carbocycles. The van der Waals surface area contributed by atoms with Crippen molar-refractivity contribution >= 4 is 11.3 Å². The van der Waals surface area contributed by atoms with Crippen molar-refractivity contribution in [3.8, 4) is 0 Å². The van der Waals surface area contributed by atoms with Crippen molar-refractivity contribution in [2.75, 3.05) is 0 Å². The normalized spacial score (nSPS) is 12.9. The summed E-state index contributed by atoms with van der Waals surface area (Å²) in [7, 11) is 0. The Hall–Kier alpha value is -1.20. The van der Waals surface area contributed by atoms with Gasteiger partial charge in [0.05, 0.1) is 11.7 Å². The topological polar surface area (TPSA) is 51.0 Å². The third-order valence-electron chi connectivity index (χ3n) is 2.59. The SMILES string of the molecule is Cc1noc(C)c1CNC(C)c1nccs1. The summed E-state index contributed by atoms with van der Waals surface area (Å²) in [5.74, 6) is 0.885. The van der Waals surface area contributed by atoms with Crippen molar-refractivity contribution in [3.05, 3.63) is 33.6 Å². The zero-order valence-electron chi connectivity index (χ0n) is 9.65. The van der Waals surface area contributed by atoms with E-state index in [1.807, 2.05) is 25.4 Å². The number of rotatable bonds is 4. The highest BCUT2D eigenvalue weighted by atomic mass is 32.1. The predicted octanol–water partition coefficient (Wildman–Crippen LogP) is 2.60. The molecular formula is C11H15N3OS. The van der Waals surface area contributed by atoms with E-state index in [9.17, 15) is 0 Å². The smallest absolute Gasteiger partial charge is 0.138 e. The van der Waals surface area contributed by atoms with Crippen molar-refractivity contribution in [2.45, 2.75) is 33.4 Å². The maximum absolute atomic E-state index is 5.12. The van der Waals surface area contributed by atoms with Gasteiger partial charge < -0.3 is 9.84 Å². The van der Waals surface area contributed by atoms with Gasteiger partial charge in [-0.05, 0) is 20.8 Å². The van der Waals surface area contributed by atoms with E-state index in [0.29, 0.717) is 0 Å². The molecular weight excluding hydrogens is 222 g/mol. The molecule has 0 saturated carbocycles. The van der Waals surface area contributed by atoms with Crippen LogP contribution in [0.5, 0.6) is 0 Å². The van der Waals surface area contributed by atoms with Gasteiger partial charge in [0.25, 0.3) is 0 Å². The van der Waals surface area contributed by atoms with Crippen molar-refractivity contribution in [2.24, 2.45) is 0 Å². The summed E-state index contributed by atoms with van der Waals surface area (Å²) >= 11 is 1.66. The van der Waals surface area contributed by atoms with Crippen LogP contribution in [0.15, 0.2) is 16.1 Å². The van der Waals surface area contributed by atoms with E-state index in [1.54, 1.807) is 11.3 Å². The molecule has 5 heteroatoms. The third-order valence-corrected chi connectivity index (χ3v) is 3.55. The highest BCUT2D eigenvalue weighted by Gasteiger charge is 2.12. The molecule has 0 radical (unpaired) electrons. The van der Waals surface area contributed by atoms with E-state index >= 15 is 0 Å². The summed E-state index contributed by atoms with van der Waals surface area (Å²) in [5.41, 5.74) is 2.10. The van der Waals surface area contributed by atoms with Gasteiger partial charge in [-0.1, -0.05) is 5.16 Å². The molecule has 2 heterocycles. The zero-order valence-corrected chi connectivity index (χ0v) is 10.5. The Morgan fingerprint density at radius 2 is 2.31 bits per heavy atom. The van der Waals surface area contributed by atoms with Gasteiger partial charge in [0.15, 0.2) is 0 Å². The summed E-state index contributed by atoms with van der Waals surface area (Å²) in [6, 6.07) is 0.258. The lowest BCUT2D eigenvalue weighted by atomic mass is 10.2. The molecule has 0 bridgehead atoms. The minimum Gasteiger partial charge on any atom is -0.361 e. The van der Waals surface area contributed by atoms with E-state index in [0.717, 1.165) is 28.6 Å². The van der Waals surface area contributed by atoms with Crippen LogP contribution in [-0.2, 0) is 6.54 Å². The Morgan fingerprint density at radius 1 is 1.50 bits per heavy atom. The molecule has 0 amide bonds. The molecule has 2 aromatic heterocycles. The monoisotopic (exact) mass is 237 g/mol. The van der Waals surface area contributed by atoms with Crippen LogP contribution in [0.2, 0.25) is 0 Å². The number of aryl methyl sites for hydroxylation is 2. The summed E-state index contributed by atoms with van der Waals surface area (Å²) in [6.45, 7) is 6.77. The number of aromatic nitrogens is 2. The molecule has 1 unspecified atom stereocenters. The summed E-state index contributed by atoms with van der Waals surface area (Å²) in [5, 5.41) is 10.4. The lowest BCUT2D eigenvalue weighted by Crippen LogP contribution is -2.18. The van der Waals surface area contributed by atoms with Gasteiger partial charge >= 0.3 is 0 Å². The van der Waals surface area contributed by atoms with Gasteiger partial charge in [0.1, 0.15) is 10.8 Å². The van der Waals surface area contributed by atoms with Gasteiger partial charge in [-0.3, -0.25) is 0 Å². The summed E-state index contributed by atoms with van der Waals surface area (Å²) < 4.78 is 5.12. The minimum absolute atomic E-state index is 0.258. The van der Waals surface area contributed by atoms with Gasteiger partial charge in [-0.25, -0.2) is 4.98 Å². The van der Waals surface area contributed by atoms with Crippen LogP contribution < -0.4 is 5.32 Å². The molecule has 0 aliphatic carbocycles. The van der Waals surface area contributed by atoms with Crippen LogP contribution >= 0.6 is 11.3 Å².